The Labute approximate surface area is 197 Å². The minimum atomic E-state index is -0.289. The van der Waals surface area contributed by atoms with Gasteiger partial charge in [0.1, 0.15) is 5.03 Å². The molecule has 0 spiro atoms. The summed E-state index contributed by atoms with van der Waals surface area (Å²) in [6.07, 6.45) is 1.60. The van der Waals surface area contributed by atoms with Crippen LogP contribution in [0.15, 0.2) is 59.8 Å². The van der Waals surface area contributed by atoms with Crippen molar-refractivity contribution in [1.29, 1.82) is 0 Å². The van der Waals surface area contributed by atoms with Crippen LogP contribution in [0.3, 0.4) is 0 Å². The highest BCUT2D eigenvalue weighted by Gasteiger charge is 2.17. The number of pyridine rings is 1. The normalized spacial score (nSPS) is 12.0. The van der Waals surface area contributed by atoms with E-state index in [9.17, 15) is 9.59 Å². The molecule has 2 aromatic carbocycles. The first-order valence-corrected chi connectivity index (χ1v) is 11.8. The van der Waals surface area contributed by atoms with Gasteiger partial charge in [-0.2, -0.15) is 0 Å². The fourth-order valence-corrected chi connectivity index (χ4v) is 4.96. The summed E-state index contributed by atoms with van der Waals surface area (Å²) < 4.78 is 11.6. The smallest absolute Gasteiger partial charge is 0.258 e. The van der Waals surface area contributed by atoms with E-state index in [1.165, 1.54) is 11.8 Å². The van der Waals surface area contributed by atoms with Gasteiger partial charge in [0.05, 0.1) is 26.5 Å². The maximum absolute atomic E-state index is 12.9. The summed E-state index contributed by atoms with van der Waals surface area (Å²) in [4.78, 5) is 34.1. The van der Waals surface area contributed by atoms with Crippen LogP contribution >= 0.6 is 23.1 Å². The van der Waals surface area contributed by atoms with E-state index in [1.54, 1.807) is 47.9 Å². The molecule has 1 aliphatic rings. The van der Waals surface area contributed by atoms with Gasteiger partial charge in [0.2, 0.25) is 12.7 Å². The second-order valence-electron chi connectivity index (χ2n) is 7.13. The number of hydrogen-bond donors (Lipinski definition) is 2. The first-order valence-electron chi connectivity index (χ1n) is 10.0. The number of nitrogens with one attached hydrogen (secondary N) is 2. The predicted molar refractivity (Wildman–Crippen MR) is 128 cm³/mol. The summed E-state index contributed by atoms with van der Waals surface area (Å²) in [6.45, 7) is 2.12. The molecule has 1 aliphatic heterocycles. The Hall–Kier alpha value is -3.63. The van der Waals surface area contributed by atoms with Crippen LogP contribution in [0.5, 0.6) is 11.5 Å². The molecule has 166 valence electrons. The maximum Gasteiger partial charge on any atom is 0.258 e. The zero-order valence-electron chi connectivity index (χ0n) is 17.5. The fourth-order valence-electron chi connectivity index (χ4n) is 3.30. The standard InChI is InChI=1S/C23H18N4O4S2/c1-13-25-17-6-4-15(10-20(17)33-13)27-22(29)16-3-2-8-24-23(16)32-11-21(28)26-14-5-7-18-19(9-14)31-12-30-18/h2-10H,11-12H2,1H3,(H,26,28)(H,27,29). The highest BCUT2D eigenvalue weighted by Crippen LogP contribution is 2.34. The Balaban J connectivity index is 1.24. The number of nitrogens with zero attached hydrogens (tertiary/aromatic N) is 2. The van der Waals surface area contributed by atoms with Crippen molar-refractivity contribution in [2.75, 3.05) is 23.2 Å². The maximum atomic E-state index is 12.9. The van der Waals surface area contributed by atoms with Crippen molar-refractivity contribution in [2.45, 2.75) is 11.9 Å². The minimum absolute atomic E-state index is 0.0951. The van der Waals surface area contributed by atoms with Crippen molar-refractivity contribution in [2.24, 2.45) is 0 Å². The molecule has 10 heteroatoms. The zero-order chi connectivity index (χ0) is 22.8. The second kappa shape index (κ2) is 9.08. The largest absolute Gasteiger partial charge is 0.454 e. The molecule has 0 saturated carbocycles. The number of carbonyl (C=O) groups is 2. The Morgan fingerprint density at radius 2 is 1.88 bits per heavy atom. The highest BCUT2D eigenvalue weighted by molar-refractivity contribution is 8.00. The van der Waals surface area contributed by atoms with Gasteiger partial charge in [-0.15, -0.1) is 11.3 Å². The first-order chi connectivity index (χ1) is 16.0. The Morgan fingerprint density at radius 1 is 1.06 bits per heavy atom. The predicted octanol–water partition coefficient (Wildman–Crippen LogP) is 4.71. The summed E-state index contributed by atoms with van der Waals surface area (Å²) in [5.41, 5.74) is 2.59. The third kappa shape index (κ3) is 4.76. The summed E-state index contributed by atoms with van der Waals surface area (Å²) in [5.74, 6) is 0.828. The van der Waals surface area contributed by atoms with Gasteiger partial charge in [0.15, 0.2) is 11.5 Å². The quantitative estimate of drug-likeness (QED) is 0.387. The van der Waals surface area contributed by atoms with E-state index in [4.69, 9.17) is 9.47 Å². The number of fused-ring (bicyclic) bond motifs is 2. The molecular formula is C23H18N4O4S2. The minimum Gasteiger partial charge on any atom is -0.454 e. The average Bonchev–Trinajstić information content (AvgIpc) is 3.42. The van der Waals surface area contributed by atoms with Crippen LogP contribution < -0.4 is 20.1 Å². The molecule has 0 radical (unpaired) electrons. The van der Waals surface area contributed by atoms with E-state index in [0.29, 0.717) is 33.5 Å². The van der Waals surface area contributed by atoms with Gasteiger partial charge in [-0.3, -0.25) is 9.59 Å². The van der Waals surface area contributed by atoms with Gasteiger partial charge in [-0.25, -0.2) is 9.97 Å². The van der Waals surface area contributed by atoms with Gasteiger partial charge in [0.25, 0.3) is 5.91 Å². The molecule has 0 fully saturated rings. The van der Waals surface area contributed by atoms with Crippen molar-refractivity contribution >= 4 is 56.5 Å². The van der Waals surface area contributed by atoms with Crippen LogP contribution in [0.2, 0.25) is 0 Å². The van der Waals surface area contributed by atoms with Gasteiger partial charge < -0.3 is 20.1 Å². The highest BCUT2D eigenvalue weighted by atomic mass is 32.2. The molecular weight excluding hydrogens is 460 g/mol. The van der Waals surface area contributed by atoms with Crippen molar-refractivity contribution in [3.05, 3.63) is 65.3 Å². The summed E-state index contributed by atoms with van der Waals surface area (Å²) in [6, 6.07) is 14.2. The number of amides is 2. The van der Waals surface area contributed by atoms with E-state index in [1.807, 2.05) is 25.1 Å². The van der Waals surface area contributed by atoms with E-state index in [0.717, 1.165) is 15.2 Å². The van der Waals surface area contributed by atoms with E-state index in [2.05, 4.69) is 20.6 Å². The lowest BCUT2D eigenvalue weighted by molar-refractivity contribution is -0.113. The number of hydrogen-bond acceptors (Lipinski definition) is 8. The lowest BCUT2D eigenvalue weighted by Gasteiger charge is -2.10. The molecule has 2 amide bonds. The van der Waals surface area contributed by atoms with Gasteiger partial charge in [0, 0.05) is 23.6 Å². The third-order valence-electron chi connectivity index (χ3n) is 4.77. The average molecular weight is 479 g/mol. The monoisotopic (exact) mass is 478 g/mol. The molecule has 33 heavy (non-hydrogen) atoms. The lowest BCUT2D eigenvalue weighted by atomic mass is 10.2. The molecule has 0 unspecified atom stereocenters. The number of benzene rings is 2. The molecule has 3 heterocycles. The Bertz CT molecular complexity index is 1370. The number of aromatic nitrogens is 2. The van der Waals surface area contributed by atoms with E-state index >= 15 is 0 Å². The van der Waals surface area contributed by atoms with Crippen molar-refractivity contribution in [1.82, 2.24) is 9.97 Å². The number of aryl methyl sites for hydroxylation is 1. The molecule has 2 N–H and O–H groups in total. The molecule has 4 aromatic rings. The van der Waals surface area contributed by atoms with Gasteiger partial charge in [-0.1, -0.05) is 11.8 Å². The number of thioether (sulfide) groups is 1. The van der Waals surface area contributed by atoms with E-state index < -0.39 is 0 Å². The SMILES string of the molecule is Cc1nc2ccc(NC(=O)c3cccnc3SCC(=O)Nc3ccc4c(c3)OCO4)cc2s1. The van der Waals surface area contributed by atoms with Crippen molar-refractivity contribution in [3.63, 3.8) is 0 Å². The van der Waals surface area contributed by atoms with Crippen molar-refractivity contribution in [3.8, 4) is 11.5 Å². The third-order valence-corrected chi connectivity index (χ3v) is 6.70. The van der Waals surface area contributed by atoms with Crippen molar-refractivity contribution < 1.29 is 19.1 Å². The van der Waals surface area contributed by atoms with Crippen LogP contribution in [0.1, 0.15) is 15.4 Å². The Kier molecular flexibility index (Phi) is 5.84. The second-order valence-corrected chi connectivity index (χ2v) is 9.33. The summed E-state index contributed by atoms with van der Waals surface area (Å²) in [7, 11) is 0. The van der Waals surface area contributed by atoms with Gasteiger partial charge >= 0.3 is 0 Å². The van der Waals surface area contributed by atoms with E-state index in [-0.39, 0.29) is 24.4 Å². The van der Waals surface area contributed by atoms with Crippen LogP contribution in [0.4, 0.5) is 11.4 Å². The molecule has 2 aromatic heterocycles. The molecule has 0 aliphatic carbocycles. The fraction of sp³-hybridized carbons (Fsp3) is 0.130. The molecule has 8 nitrogen and oxygen atoms in total. The van der Waals surface area contributed by atoms with Gasteiger partial charge in [-0.05, 0) is 49.4 Å². The number of carbonyl (C=O) groups excluding carboxylic acids is 2. The topological polar surface area (TPSA) is 102 Å². The number of thiazole rings is 1. The van der Waals surface area contributed by atoms with Crippen LogP contribution in [-0.2, 0) is 4.79 Å². The lowest BCUT2D eigenvalue weighted by Crippen LogP contribution is -2.16. The summed E-state index contributed by atoms with van der Waals surface area (Å²) >= 11 is 2.77. The van der Waals surface area contributed by atoms with Crippen LogP contribution in [-0.4, -0.2) is 34.3 Å². The molecule has 5 rings (SSSR count). The Morgan fingerprint density at radius 3 is 2.79 bits per heavy atom. The zero-order valence-corrected chi connectivity index (χ0v) is 19.1. The molecule has 0 atom stereocenters. The molecule has 0 saturated heterocycles. The van der Waals surface area contributed by atoms with Crippen LogP contribution in [0, 0.1) is 6.92 Å². The first kappa shape index (κ1) is 21.2. The van der Waals surface area contributed by atoms with Crippen LogP contribution in [0.25, 0.3) is 10.2 Å². The summed E-state index contributed by atoms with van der Waals surface area (Å²) in [5, 5.41) is 7.18. The molecule has 0 bridgehead atoms. The number of anilines is 2. The number of rotatable bonds is 6. The number of ether oxygens (including phenoxy) is 2.